The summed E-state index contributed by atoms with van der Waals surface area (Å²) in [4.78, 5) is 31.9. The fourth-order valence-corrected chi connectivity index (χ4v) is 1.54. The van der Waals surface area contributed by atoms with E-state index in [4.69, 9.17) is 5.26 Å². The van der Waals surface area contributed by atoms with Crippen molar-refractivity contribution in [2.75, 3.05) is 0 Å². The molecule has 0 bridgehead atoms. The third-order valence-corrected chi connectivity index (χ3v) is 2.24. The first-order valence-electron chi connectivity index (χ1n) is 4.76. The molecule has 0 aliphatic heterocycles. The molecule has 2 heterocycles. The topological polar surface area (TPSA) is 107 Å². The van der Waals surface area contributed by atoms with E-state index in [1.807, 2.05) is 6.07 Å². The Bertz CT molecular complexity index is 684. The third kappa shape index (κ3) is 1.40. The molecule has 0 fully saturated rings. The highest BCUT2D eigenvalue weighted by Gasteiger charge is 2.11. The highest BCUT2D eigenvalue weighted by atomic mass is 16.2. The van der Waals surface area contributed by atoms with Gasteiger partial charge >= 0.3 is 5.69 Å². The van der Waals surface area contributed by atoms with Crippen LogP contribution in [0.4, 0.5) is 0 Å². The zero-order valence-corrected chi connectivity index (χ0v) is 8.57. The molecule has 0 unspecified atom stereocenters. The average molecular weight is 219 g/mol. The highest BCUT2D eigenvalue weighted by Crippen LogP contribution is 2.04. The Morgan fingerprint density at radius 3 is 2.81 bits per heavy atom. The number of fused-ring (bicyclic) bond motifs is 1. The van der Waals surface area contributed by atoms with Crippen molar-refractivity contribution in [1.82, 2.24) is 19.5 Å². The summed E-state index contributed by atoms with van der Waals surface area (Å²) in [6.07, 6.45) is 0.0754. The largest absolute Gasteiger partial charge is 0.335 e. The number of nitrogens with one attached hydrogen (secondary N) is 2. The van der Waals surface area contributed by atoms with Crippen LogP contribution in [-0.2, 0) is 13.0 Å². The number of aryl methyl sites for hydroxylation is 1. The van der Waals surface area contributed by atoms with Crippen LogP contribution in [0.1, 0.15) is 12.7 Å². The van der Waals surface area contributed by atoms with Crippen LogP contribution in [0, 0.1) is 11.3 Å². The number of aromatic nitrogens is 4. The van der Waals surface area contributed by atoms with Gasteiger partial charge in [0.1, 0.15) is 11.3 Å². The number of nitriles is 1. The molecule has 2 N–H and O–H groups in total. The fourth-order valence-electron chi connectivity index (χ4n) is 1.54. The number of hydrogen-bond donors (Lipinski definition) is 2. The Hall–Kier alpha value is -2.36. The summed E-state index contributed by atoms with van der Waals surface area (Å²) in [7, 11) is 0. The maximum absolute atomic E-state index is 11.5. The molecule has 0 amide bonds. The van der Waals surface area contributed by atoms with Crippen LogP contribution in [-0.4, -0.2) is 19.5 Å². The molecule has 0 saturated heterocycles. The van der Waals surface area contributed by atoms with Gasteiger partial charge in [0, 0.05) is 6.54 Å². The maximum Gasteiger partial charge on any atom is 0.330 e. The van der Waals surface area contributed by atoms with Crippen molar-refractivity contribution in [3.63, 3.8) is 0 Å². The molecule has 0 aliphatic carbocycles. The van der Waals surface area contributed by atoms with Crippen molar-refractivity contribution < 1.29 is 0 Å². The summed E-state index contributed by atoms with van der Waals surface area (Å²) < 4.78 is 1.34. The molecule has 7 nitrogen and oxygen atoms in total. The molecule has 2 aromatic heterocycles. The SMILES string of the molecule is CCn1c(=O)[nH]c(=O)c2[nH]c(CC#N)nc21. The summed E-state index contributed by atoms with van der Waals surface area (Å²) in [6, 6.07) is 1.92. The molecule has 0 radical (unpaired) electrons. The normalized spacial score (nSPS) is 10.5. The number of nitrogens with zero attached hydrogens (tertiary/aromatic N) is 3. The lowest BCUT2D eigenvalue weighted by Gasteiger charge is -1.99. The van der Waals surface area contributed by atoms with Crippen molar-refractivity contribution in [1.29, 1.82) is 5.26 Å². The molecule has 0 aliphatic rings. The van der Waals surface area contributed by atoms with Crippen LogP contribution in [0.5, 0.6) is 0 Å². The Balaban J connectivity index is 2.85. The molecule has 0 spiro atoms. The molecule has 0 aromatic carbocycles. The molecule has 16 heavy (non-hydrogen) atoms. The number of aromatic amines is 2. The average Bonchev–Trinajstić information content (AvgIpc) is 2.63. The molecule has 0 saturated carbocycles. The van der Waals surface area contributed by atoms with E-state index in [2.05, 4.69) is 15.0 Å². The Morgan fingerprint density at radius 2 is 2.19 bits per heavy atom. The van der Waals surface area contributed by atoms with Crippen LogP contribution in [0.25, 0.3) is 11.2 Å². The minimum Gasteiger partial charge on any atom is -0.335 e. The Labute approximate surface area is 89.4 Å². The predicted octanol–water partition coefficient (Wildman–Crippen LogP) is -0.501. The van der Waals surface area contributed by atoms with E-state index >= 15 is 0 Å². The van der Waals surface area contributed by atoms with Gasteiger partial charge in [-0.05, 0) is 6.92 Å². The van der Waals surface area contributed by atoms with Crippen LogP contribution in [0.2, 0.25) is 0 Å². The van der Waals surface area contributed by atoms with Crippen LogP contribution < -0.4 is 11.2 Å². The van der Waals surface area contributed by atoms with Gasteiger partial charge in [0.15, 0.2) is 5.65 Å². The second-order valence-electron chi connectivity index (χ2n) is 3.22. The summed E-state index contributed by atoms with van der Waals surface area (Å²) in [6.45, 7) is 2.18. The third-order valence-electron chi connectivity index (χ3n) is 2.24. The zero-order chi connectivity index (χ0) is 11.7. The lowest BCUT2D eigenvalue weighted by molar-refractivity contribution is 0.719. The van der Waals surface area contributed by atoms with E-state index in [9.17, 15) is 9.59 Å². The molecule has 2 aromatic rings. The van der Waals surface area contributed by atoms with Crippen molar-refractivity contribution >= 4 is 11.2 Å². The lowest BCUT2D eigenvalue weighted by atomic mass is 10.5. The molecular formula is C9H9N5O2. The van der Waals surface area contributed by atoms with E-state index < -0.39 is 11.2 Å². The van der Waals surface area contributed by atoms with Crippen molar-refractivity contribution in [3.05, 3.63) is 26.7 Å². The minimum atomic E-state index is -0.513. The van der Waals surface area contributed by atoms with Gasteiger partial charge in [0.25, 0.3) is 5.56 Å². The first kappa shape index (κ1) is 10.2. The van der Waals surface area contributed by atoms with Gasteiger partial charge in [-0.2, -0.15) is 5.26 Å². The number of hydrogen-bond acceptors (Lipinski definition) is 4. The van der Waals surface area contributed by atoms with Crippen LogP contribution >= 0.6 is 0 Å². The number of rotatable bonds is 2. The van der Waals surface area contributed by atoms with Crippen LogP contribution in [0.3, 0.4) is 0 Å². The van der Waals surface area contributed by atoms with Gasteiger partial charge in [0.05, 0.1) is 12.5 Å². The first-order valence-corrected chi connectivity index (χ1v) is 4.76. The number of H-pyrrole nitrogens is 2. The van der Waals surface area contributed by atoms with Crippen molar-refractivity contribution in [3.8, 4) is 6.07 Å². The predicted molar refractivity (Wildman–Crippen MR) is 56.0 cm³/mol. The summed E-state index contributed by atoms with van der Waals surface area (Å²) in [5, 5.41) is 8.53. The lowest BCUT2D eigenvalue weighted by Crippen LogP contribution is -2.29. The first-order chi connectivity index (χ1) is 7.67. The quantitative estimate of drug-likeness (QED) is 0.709. The minimum absolute atomic E-state index is 0.0754. The Morgan fingerprint density at radius 1 is 1.44 bits per heavy atom. The van der Waals surface area contributed by atoms with Gasteiger partial charge < -0.3 is 4.98 Å². The summed E-state index contributed by atoms with van der Waals surface area (Å²) in [5.74, 6) is 0.385. The van der Waals surface area contributed by atoms with Gasteiger partial charge in [-0.3, -0.25) is 14.3 Å². The van der Waals surface area contributed by atoms with Gasteiger partial charge in [-0.15, -0.1) is 0 Å². The standard InChI is InChI=1S/C9H9N5O2/c1-2-14-7-6(8(15)13-9(14)16)11-5(12-7)3-4-10/h2-3H2,1H3,(H,11,12)(H,13,15,16). The smallest absolute Gasteiger partial charge is 0.330 e. The summed E-state index contributed by atoms with van der Waals surface area (Å²) >= 11 is 0. The number of imidazole rings is 1. The van der Waals surface area contributed by atoms with Crippen LogP contribution in [0.15, 0.2) is 9.59 Å². The van der Waals surface area contributed by atoms with E-state index in [1.165, 1.54) is 4.57 Å². The second kappa shape index (κ2) is 3.66. The summed E-state index contributed by atoms with van der Waals surface area (Å²) in [5.41, 5.74) is -0.482. The van der Waals surface area contributed by atoms with E-state index in [0.717, 1.165) is 0 Å². The molecule has 82 valence electrons. The molecular weight excluding hydrogens is 210 g/mol. The van der Waals surface area contributed by atoms with Crippen molar-refractivity contribution in [2.45, 2.75) is 19.9 Å². The maximum atomic E-state index is 11.5. The Kier molecular flexibility index (Phi) is 2.32. The van der Waals surface area contributed by atoms with Gasteiger partial charge in [0.2, 0.25) is 0 Å². The van der Waals surface area contributed by atoms with E-state index in [1.54, 1.807) is 6.92 Å². The van der Waals surface area contributed by atoms with Gasteiger partial charge in [-0.1, -0.05) is 0 Å². The highest BCUT2D eigenvalue weighted by molar-refractivity contribution is 5.69. The molecule has 0 atom stereocenters. The second-order valence-corrected chi connectivity index (χ2v) is 3.22. The van der Waals surface area contributed by atoms with E-state index in [0.29, 0.717) is 18.0 Å². The van der Waals surface area contributed by atoms with Gasteiger partial charge in [-0.25, -0.2) is 9.78 Å². The molecule has 2 rings (SSSR count). The van der Waals surface area contributed by atoms with E-state index in [-0.39, 0.29) is 11.9 Å². The monoisotopic (exact) mass is 219 g/mol. The fraction of sp³-hybridized carbons (Fsp3) is 0.333. The zero-order valence-electron chi connectivity index (χ0n) is 8.57. The van der Waals surface area contributed by atoms with Crippen molar-refractivity contribution in [2.24, 2.45) is 0 Å². The molecule has 7 heteroatoms.